The molecule has 2 aliphatic rings. The Kier molecular flexibility index (Phi) is 1.53. The fourth-order valence-electron chi connectivity index (χ4n) is 1.76. The highest BCUT2D eigenvalue weighted by atomic mass is 16.1. The largest absolute Gasteiger partial charge is 0.307 e. The van der Waals surface area contributed by atoms with Crippen LogP contribution in [0.2, 0.25) is 0 Å². The van der Waals surface area contributed by atoms with Crippen LogP contribution >= 0.6 is 0 Å². The highest BCUT2D eigenvalue weighted by Gasteiger charge is 2.47. The summed E-state index contributed by atoms with van der Waals surface area (Å²) < 4.78 is 0. The number of nitrogens with one attached hydrogen (secondary N) is 1. The smallest absolute Gasteiger partial charge is 0.155 e. The summed E-state index contributed by atoms with van der Waals surface area (Å²) in [5.41, 5.74) is 0.0714. The lowest BCUT2D eigenvalue weighted by molar-refractivity contribution is -0.125. The first-order valence-corrected chi connectivity index (χ1v) is 4.50. The molecule has 62 valence electrons. The van der Waals surface area contributed by atoms with Gasteiger partial charge in [-0.05, 0) is 32.2 Å². The molecule has 2 rings (SSSR count). The van der Waals surface area contributed by atoms with Gasteiger partial charge in [0.2, 0.25) is 0 Å². The topological polar surface area (TPSA) is 29.1 Å². The van der Waals surface area contributed by atoms with Gasteiger partial charge < -0.3 is 5.32 Å². The minimum atomic E-state index is 0.0714. The molecule has 1 atom stereocenters. The van der Waals surface area contributed by atoms with E-state index in [0.717, 1.165) is 25.8 Å². The number of carbonyl (C=O) groups is 1. The number of rotatable bonds is 2. The van der Waals surface area contributed by atoms with Gasteiger partial charge in [0.25, 0.3) is 0 Å². The van der Waals surface area contributed by atoms with Crippen molar-refractivity contribution < 1.29 is 4.79 Å². The molecule has 2 heteroatoms. The second kappa shape index (κ2) is 2.31. The van der Waals surface area contributed by atoms with E-state index < -0.39 is 0 Å². The van der Waals surface area contributed by atoms with Crippen LogP contribution in [0.5, 0.6) is 0 Å². The summed E-state index contributed by atoms with van der Waals surface area (Å²) in [7, 11) is 0. The van der Waals surface area contributed by atoms with E-state index in [1.54, 1.807) is 0 Å². The first-order chi connectivity index (χ1) is 5.22. The second-order valence-electron chi connectivity index (χ2n) is 4.07. The van der Waals surface area contributed by atoms with Crippen LogP contribution in [0, 0.1) is 5.41 Å². The van der Waals surface area contributed by atoms with E-state index in [1.807, 2.05) is 0 Å². The standard InChI is InChI=1S/C9H15NO/c1-9(4-5-9)8(11)7-3-2-6-10-7/h7,10H,2-6H2,1H3. The summed E-state index contributed by atoms with van der Waals surface area (Å²) in [6.07, 6.45) is 4.47. The molecule has 2 fully saturated rings. The van der Waals surface area contributed by atoms with E-state index in [0.29, 0.717) is 5.78 Å². The summed E-state index contributed by atoms with van der Waals surface area (Å²) >= 11 is 0. The van der Waals surface area contributed by atoms with Crippen LogP contribution in [-0.4, -0.2) is 18.4 Å². The molecule has 1 unspecified atom stereocenters. The molecule has 0 aromatic heterocycles. The number of hydrogen-bond acceptors (Lipinski definition) is 2. The zero-order chi connectivity index (χ0) is 7.90. The number of carbonyl (C=O) groups excluding carboxylic acids is 1. The zero-order valence-corrected chi connectivity index (χ0v) is 7.02. The first kappa shape index (κ1) is 7.29. The minimum Gasteiger partial charge on any atom is -0.307 e. The first-order valence-electron chi connectivity index (χ1n) is 4.50. The Bertz CT molecular complexity index is 178. The van der Waals surface area contributed by atoms with Gasteiger partial charge in [0, 0.05) is 5.41 Å². The molecule has 1 saturated heterocycles. The molecule has 0 aromatic rings. The van der Waals surface area contributed by atoms with Crippen molar-refractivity contribution in [3.05, 3.63) is 0 Å². The van der Waals surface area contributed by atoms with Crippen molar-refractivity contribution in [1.29, 1.82) is 0 Å². The maximum atomic E-state index is 11.7. The molecule has 11 heavy (non-hydrogen) atoms. The maximum Gasteiger partial charge on any atom is 0.155 e. The molecule has 1 heterocycles. The van der Waals surface area contributed by atoms with Gasteiger partial charge in [-0.2, -0.15) is 0 Å². The van der Waals surface area contributed by atoms with Crippen LogP contribution in [0.1, 0.15) is 32.6 Å². The van der Waals surface area contributed by atoms with Gasteiger partial charge in [0.1, 0.15) is 0 Å². The van der Waals surface area contributed by atoms with Gasteiger partial charge in [0.15, 0.2) is 5.78 Å². The average molecular weight is 153 g/mol. The van der Waals surface area contributed by atoms with Gasteiger partial charge in [-0.25, -0.2) is 0 Å². The van der Waals surface area contributed by atoms with E-state index in [2.05, 4.69) is 12.2 Å². The zero-order valence-electron chi connectivity index (χ0n) is 7.02. The van der Waals surface area contributed by atoms with Crippen LogP contribution in [0.15, 0.2) is 0 Å². The number of hydrogen-bond donors (Lipinski definition) is 1. The van der Waals surface area contributed by atoms with Crippen molar-refractivity contribution >= 4 is 5.78 Å². The van der Waals surface area contributed by atoms with Crippen LogP contribution in [0.25, 0.3) is 0 Å². The van der Waals surface area contributed by atoms with Crippen LogP contribution < -0.4 is 5.32 Å². The average Bonchev–Trinajstić information content (AvgIpc) is 2.54. The third-order valence-corrected chi connectivity index (χ3v) is 2.97. The van der Waals surface area contributed by atoms with Crippen LogP contribution in [0.3, 0.4) is 0 Å². The minimum absolute atomic E-state index is 0.0714. The molecule has 1 N–H and O–H groups in total. The highest BCUT2D eigenvalue weighted by molar-refractivity contribution is 5.91. The molecule has 0 spiro atoms. The third-order valence-electron chi connectivity index (χ3n) is 2.97. The molecule has 1 aliphatic carbocycles. The Labute approximate surface area is 67.4 Å². The van der Waals surface area contributed by atoms with Crippen LogP contribution in [-0.2, 0) is 4.79 Å². The fraction of sp³-hybridized carbons (Fsp3) is 0.889. The van der Waals surface area contributed by atoms with Gasteiger partial charge in [0.05, 0.1) is 6.04 Å². The summed E-state index contributed by atoms with van der Waals surface area (Å²) in [4.78, 5) is 11.7. The van der Waals surface area contributed by atoms with E-state index >= 15 is 0 Å². The highest BCUT2D eigenvalue weighted by Crippen LogP contribution is 2.47. The summed E-state index contributed by atoms with van der Waals surface area (Å²) in [6, 6.07) is 0.197. The lowest BCUT2D eigenvalue weighted by Gasteiger charge is -2.13. The Morgan fingerprint density at radius 2 is 2.27 bits per heavy atom. The predicted molar refractivity (Wildman–Crippen MR) is 43.4 cm³/mol. The lowest BCUT2D eigenvalue weighted by atomic mass is 9.96. The van der Waals surface area contributed by atoms with E-state index in [1.165, 1.54) is 6.42 Å². The summed E-state index contributed by atoms with van der Waals surface area (Å²) in [5.74, 6) is 0.468. The Balaban J connectivity index is 1.98. The third kappa shape index (κ3) is 1.20. The Hall–Kier alpha value is -0.370. The lowest BCUT2D eigenvalue weighted by Crippen LogP contribution is -2.35. The molecule has 2 nitrogen and oxygen atoms in total. The van der Waals surface area contributed by atoms with Crippen molar-refractivity contribution in [3.8, 4) is 0 Å². The molecule has 0 amide bonds. The summed E-state index contributed by atoms with van der Waals surface area (Å²) in [6.45, 7) is 3.13. The van der Waals surface area contributed by atoms with E-state index in [-0.39, 0.29) is 11.5 Å². The SMILES string of the molecule is CC1(C(=O)C2CCCN2)CC1. The van der Waals surface area contributed by atoms with Crippen molar-refractivity contribution in [2.75, 3.05) is 6.54 Å². The van der Waals surface area contributed by atoms with Gasteiger partial charge in [-0.3, -0.25) is 4.79 Å². The van der Waals surface area contributed by atoms with Crippen LogP contribution in [0.4, 0.5) is 0 Å². The molecular formula is C9H15NO. The van der Waals surface area contributed by atoms with Gasteiger partial charge in [-0.1, -0.05) is 6.92 Å². The molecule has 1 aliphatic heterocycles. The van der Waals surface area contributed by atoms with Crippen molar-refractivity contribution in [2.24, 2.45) is 5.41 Å². The normalized spacial score (nSPS) is 33.7. The van der Waals surface area contributed by atoms with Gasteiger partial charge in [-0.15, -0.1) is 0 Å². The Morgan fingerprint density at radius 3 is 2.73 bits per heavy atom. The van der Waals surface area contributed by atoms with Gasteiger partial charge >= 0.3 is 0 Å². The molecule has 1 saturated carbocycles. The molecule has 0 bridgehead atoms. The maximum absolute atomic E-state index is 11.7. The monoisotopic (exact) mass is 153 g/mol. The quantitative estimate of drug-likeness (QED) is 0.643. The van der Waals surface area contributed by atoms with E-state index in [9.17, 15) is 4.79 Å². The number of Topliss-reactive ketones (excluding diaryl/α,β-unsaturated/α-hetero) is 1. The second-order valence-corrected chi connectivity index (χ2v) is 4.07. The summed E-state index contributed by atoms with van der Waals surface area (Å²) in [5, 5.41) is 3.25. The van der Waals surface area contributed by atoms with Crippen molar-refractivity contribution in [3.63, 3.8) is 0 Å². The Morgan fingerprint density at radius 1 is 1.55 bits per heavy atom. The molecule has 0 radical (unpaired) electrons. The predicted octanol–water partition coefficient (Wildman–Crippen LogP) is 1.11. The molecule has 0 aromatic carbocycles. The van der Waals surface area contributed by atoms with Crippen molar-refractivity contribution in [2.45, 2.75) is 38.6 Å². The fourth-order valence-corrected chi connectivity index (χ4v) is 1.76. The van der Waals surface area contributed by atoms with Crippen molar-refractivity contribution in [1.82, 2.24) is 5.32 Å². The molecular weight excluding hydrogens is 138 g/mol. The van der Waals surface area contributed by atoms with E-state index in [4.69, 9.17) is 0 Å². The number of ketones is 1.